The average Bonchev–Trinajstić information content (AvgIpc) is 3.34. The highest BCUT2D eigenvalue weighted by molar-refractivity contribution is 6.36. The Kier molecular flexibility index (Phi) is 7.78. The summed E-state index contributed by atoms with van der Waals surface area (Å²) >= 11 is 12.4. The number of hydrogen-bond acceptors (Lipinski definition) is 6. The van der Waals surface area contributed by atoms with E-state index < -0.39 is 11.9 Å². The highest BCUT2D eigenvalue weighted by Gasteiger charge is 2.24. The van der Waals surface area contributed by atoms with Crippen molar-refractivity contribution < 1.29 is 13.9 Å². The van der Waals surface area contributed by atoms with E-state index in [0.29, 0.717) is 42.4 Å². The molecule has 0 bridgehead atoms. The minimum Gasteiger partial charge on any atom is -0.482 e. The van der Waals surface area contributed by atoms with Crippen LogP contribution in [0.2, 0.25) is 10.0 Å². The van der Waals surface area contributed by atoms with Crippen LogP contribution < -0.4 is 16.2 Å². The van der Waals surface area contributed by atoms with Crippen molar-refractivity contribution in [2.45, 2.75) is 38.3 Å². The van der Waals surface area contributed by atoms with Crippen molar-refractivity contribution in [3.8, 4) is 16.9 Å². The highest BCUT2D eigenvalue weighted by Crippen LogP contribution is 2.37. The van der Waals surface area contributed by atoms with Crippen LogP contribution in [0.4, 0.5) is 10.2 Å². The molecule has 186 valence electrons. The molecule has 3 aromatic rings. The first-order valence-electron chi connectivity index (χ1n) is 11.4. The summed E-state index contributed by atoms with van der Waals surface area (Å²) in [4.78, 5) is 18.2. The van der Waals surface area contributed by atoms with Gasteiger partial charge in [-0.15, -0.1) is 0 Å². The maximum absolute atomic E-state index is 14.0. The van der Waals surface area contributed by atoms with Gasteiger partial charge in [-0.25, -0.2) is 9.37 Å². The quantitative estimate of drug-likeness (QED) is 0.439. The Balaban J connectivity index is 1.48. The summed E-state index contributed by atoms with van der Waals surface area (Å²) in [6.45, 7) is 3.44. The summed E-state index contributed by atoms with van der Waals surface area (Å²) in [5.41, 5.74) is 13.5. The fourth-order valence-corrected chi connectivity index (χ4v) is 4.90. The topological polar surface area (TPSA) is 112 Å². The van der Waals surface area contributed by atoms with Crippen molar-refractivity contribution in [1.82, 2.24) is 19.7 Å². The third-order valence-electron chi connectivity index (χ3n) is 6.16. The summed E-state index contributed by atoms with van der Waals surface area (Å²) in [5, 5.41) is 4.73. The molecule has 4 N–H and O–H groups in total. The molecule has 8 nitrogen and oxygen atoms in total. The third kappa shape index (κ3) is 5.52. The van der Waals surface area contributed by atoms with E-state index in [2.05, 4.69) is 10.1 Å². The molecule has 4 rings (SSSR count). The lowest BCUT2D eigenvalue weighted by molar-refractivity contribution is -0.132. The van der Waals surface area contributed by atoms with Gasteiger partial charge < -0.3 is 21.1 Å². The average molecular weight is 521 g/mol. The molecule has 1 aliphatic heterocycles. The van der Waals surface area contributed by atoms with E-state index in [1.54, 1.807) is 25.4 Å². The fraction of sp³-hybridized carbons (Fsp3) is 0.375. The number of hydrogen-bond donors (Lipinski definition) is 2. The zero-order chi connectivity index (χ0) is 25.1. The zero-order valence-electron chi connectivity index (χ0n) is 19.3. The van der Waals surface area contributed by atoms with Crippen LogP contribution in [-0.4, -0.2) is 45.2 Å². The maximum Gasteiger partial charge on any atom is 0.223 e. The van der Waals surface area contributed by atoms with Crippen molar-refractivity contribution >= 4 is 34.9 Å². The van der Waals surface area contributed by atoms with E-state index in [9.17, 15) is 9.18 Å². The van der Waals surface area contributed by atoms with Crippen molar-refractivity contribution in [2.75, 3.05) is 25.4 Å². The zero-order valence-corrected chi connectivity index (χ0v) is 20.8. The van der Waals surface area contributed by atoms with Crippen LogP contribution >= 0.6 is 23.2 Å². The standard InChI is InChI=1S/C24H27Cl2FN6O2/c1-14(22-18(25)2-3-19(27)23(22)26)35-20-10-15(11-30-24(20)29)16-12-31-33(13-16)17-5-8-32(9-6-17)21(34)4-7-28/h2-3,10-14,17H,4-9,28H2,1H3,(H2,29,30). The Bertz CT molecular complexity index is 1210. The summed E-state index contributed by atoms with van der Waals surface area (Å²) < 4.78 is 21.9. The number of amides is 1. The number of nitrogens with two attached hydrogens (primary N) is 2. The molecule has 3 heterocycles. The Morgan fingerprint density at radius 1 is 1.26 bits per heavy atom. The van der Waals surface area contributed by atoms with Gasteiger partial charge in [-0.3, -0.25) is 9.48 Å². The Labute approximate surface area is 213 Å². The van der Waals surface area contributed by atoms with Crippen molar-refractivity contribution in [3.63, 3.8) is 0 Å². The number of anilines is 1. The van der Waals surface area contributed by atoms with Crippen LogP contribution in [0.15, 0.2) is 36.8 Å². The van der Waals surface area contributed by atoms with E-state index in [4.69, 9.17) is 39.4 Å². The molecule has 1 aromatic carbocycles. The van der Waals surface area contributed by atoms with Crippen LogP contribution in [-0.2, 0) is 4.79 Å². The first-order valence-corrected chi connectivity index (χ1v) is 12.1. The minimum absolute atomic E-state index is 0.0928. The number of carbonyl (C=O) groups is 1. The van der Waals surface area contributed by atoms with Gasteiger partial charge in [-0.1, -0.05) is 23.2 Å². The number of aromatic nitrogens is 3. The van der Waals surface area contributed by atoms with Crippen LogP contribution in [0.3, 0.4) is 0 Å². The van der Waals surface area contributed by atoms with Gasteiger partial charge in [-0.2, -0.15) is 5.10 Å². The first-order chi connectivity index (χ1) is 16.8. The second-order valence-electron chi connectivity index (χ2n) is 8.48. The summed E-state index contributed by atoms with van der Waals surface area (Å²) in [6.07, 6.45) is 6.69. The second-order valence-corrected chi connectivity index (χ2v) is 9.27. The third-order valence-corrected chi connectivity index (χ3v) is 6.87. The van der Waals surface area contributed by atoms with Crippen LogP contribution in [0.25, 0.3) is 11.1 Å². The number of nitrogen functional groups attached to an aromatic ring is 1. The Morgan fingerprint density at radius 3 is 2.71 bits per heavy atom. The molecular formula is C24H27Cl2FN6O2. The molecule has 1 fully saturated rings. The largest absolute Gasteiger partial charge is 0.482 e. The van der Waals surface area contributed by atoms with E-state index in [1.807, 2.05) is 15.8 Å². The molecule has 1 unspecified atom stereocenters. The van der Waals surface area contributed by atoms with Gasteiger partial charge in [0.25, 0.3) is 0 Å². The van der Waals surface area contributed by atoms with Gasteiger partial charge in [0.05, 0.1) is 17.3 Å². The van der Waals surface area contributed by atoms with E-state index in [1.165, 1.54) is 12.1 Å². The highest BCUT2D eigenvalue weighted by atomic mass is 35.5. The molecule has 2 aromatic heterocycles. The SMILES string of the molecule is CC(Oc1cc(-c2cnn(C3CCN(C(=O)CCN)CC3)c2)cnc1N)c1c(Cl)ccc(F)c1Cl. The summed E-state index contributed by atoms with van der Waals surface area (Å²) in [5.74, 6) is 0.0306. The van der Waals surface area contributed by atoms with Gasteiger partial charge >= 0.3 is 0 Å². The molecule has 1 aliphatic rings. The van der Waals surface area contributed by atoms with Crippen molar-refractivity contribution in [2.24, 2.45) is 5.73 Å². The molecule has 0 saturated carbocycles. The Morgan fingerprint density at radius 2 is 2.00 bits per heavy atom. The molecule has 35 heavy (non-hydrogen) atoms. The molecular weight excluding hydrogens is 494 g/mol. The lowest BCUT2D eigenvalue weighted by atomic mass is 10.0. The number of piperidine rings is 1. The van der Waals surface area contributed by atoms with Crippen LogP contribution in [0, 0.1) is 5.82 Å². The normalized spacial score (nSPS) is 15.3. The molecule has 0 spiro atoms. The van der Waals surface area contributed by atoms with Gasteiger partial charge in [0.1, 0.15) is 11.9 Å². The molecule has 1 atom stereocenters. The second kappa shape index (κ2) is 10.8. The predicted octanol–water partition coefficient (Wildman–Crippen LogP) is 4.63. The lowest BCUT2D eigenvalue weighted by Crippen LogP contribution is -2.39. The van der Waals surface area contributed by atoms with Crippen LogP contribution in [0.5, 0.6) is 5.75 Å². The number of pyridine rings is 1. The van der Waals surface area contributed by atoms with Crippen molar-refractivity contribution in [1.29, 1.82) is 0 Å². The number of rotatable bonds is 7. The summed E-state index contributed by atoms with van der Waals surface area (Å²) in [7, 11) is 0. The van der Waals surface area contributed by atoms with E-state index >= 15 is 0 Å². The van der Waals surface area contributed by atoms with Gasteiger partial charge in [0.15, 0.2) is 11.6 Å². The maximum atomic E-state index is 14.0. The summed E-state index contributed by atoms with van der Waals surface area (Å²) in [6, 6.07) is 4.59. The predicted molar refractivity (Wildman–Crippen MR) is 134 cm³/mol. The number of carbonyl (C=O) groups excluding carboxylic acids is 1. The number of ether oxygens (including phenoxy) is 1. The lowest BCUT2D eigenvalue weighted by Gasteiger charge is -2.32. The molecule has 11 heteroatoms. The molecule has 1 saturated heterocycles. The molecule has 1 amide bonds. The van der Waals surface area contributed by atoms with E-state index in [0.717, 1.165) is 24.0 Å². The van der Waals surface area contributed by atoms with Crippen molar-refractivity contribution in [3.05, 3.63) is 58.2 Å². The van der Waals surface area contributed by atoms with Gasteiger partial charge in [0, 0.05) is 60.2 Å². The molecule has 0 aliphatic carbocycles. The van der Waals surface area contributed by atoms with Crippen LogP contribution in [0.1, 0.15) is 43.9 Å². The van der Waals surface area contributed by atoms with Gasteiger partial charge in [0.2, 0.25) is 5.91 Å². The fourth-order valence-electron chi connectivity index (χ4n) is 4.22. The van der Waals surface area contributed by atoms with E-state index in [-0.39, 0.29) is 22.8 Å². The number of likely N-dealkylation sites (tertiary alicyclic amines) is 1. The first kappa shape index (κ1) is 25.2. The molecule has 0 radical (unpaired) electrons. The number of halogens is 3. The number of nitrogens with zero attached hydrogens (tertiary/aromatic N) is 4. The Hall–Kier alpha value is -2.88. The number of benzene rings is 1. The monoisotopic (exact) mass is 520 g/mol. The minimum atomic E-state index is -0.667. The van der Waals surface area contributed by atoms with Gasteiger partial charge in [-0.05, 0) is 38.0 Å². The smallest absolute Gasteiger partial charge is 0.223 e.